The lowest BCUT2D eigenvalue weighted by atomic mass is 10.1. The molecule has 3 rings (SSSR count). The molecule has 142 valence electrons. The van der Waals surface area contributed by atoms with Crippen LogP contribution in [0.25, 0.3) is 0 Å². The molecule has 0 fully saturated rings. The third-order valence-electron chi connectivity index (χ3n) is 4.16. The summed E-state index contributed by atoms with van der Waals surface area (Å²) in [6.07, 6.45) is 0. The Hall–Kier alpha value is -3.60. The largest absolute Gasteiger partial charge is 0.455 e. The maximum atomic E-state index is 12.7. The molecular weight excluding hydrogens is 352 g/mol. The van der Waals surface area contributed by atoms with Gasteiger partial charge in [-0.1, -0.05) is 30.3 Å². The van der Waals surface area contributed by atoms with Crippen LogP contribution >= 0.6 is 0 Å². The standard InChI is InChI=1S/C23H22N2O3/c1-15-7-6-8-19(13-15)28-22-10-5-4-9-20(22)25-23(27)18-12-11-16(2)21(14-18)24-17(3)26/h4-14H,1-3H3,(H,24,26)(H,25,27). The van der Waals surface area contributed by atoms with Crippen molar-refractivity contribution in [3.8, 4) is 11.5 Å². The molecule has 0 aliphatic rings. The molecule has 0 saturated carbocycles. The second-order valence-corrected chi connectivity index (χ2v) is 6.58. The summed E-state index contributed by atoms with van der Waals surface area (Å²) in [6.45, 7) is 5.30. The average Bonchev–Trinajstić information content (AvgIpc) is 2.65. The van der Waals surface area contributed by atoms with Crippen LogP contribution in [0.2, 0.25) is 0 Å². The normalized spacial score (nSPS) is 10.2. The molecule has 0 aliphatic carbocycles. The average molecular weight is 374 g/mol. The molecule has 28 heavy (non-hydrogen) atoms. The van der Waals surface area contributed by atoms with Gasteiger partial charge in [0.25, 0.3) is 5.91 Å². The highest BCUT2D eigenvalue weighted by molar-refractivity contribution is 6.06. The first-order valence-corrected chi connectivity index (χ1v) is 8.95. The highest BCUT2D eigenvalue weighted by atomic mass is 16.5. The summed E-state index contributed by atoms with van der Waals surface area (Å²) < 4.78 is 5.95. The Labute approximate surface area is 164 Å². The van der Waals surface area contributed by atoms with Crippen molar-refractivity contribution < 1.29 is 14.3 Å². The summed E-state index contributed by atoms with van der Waals surface area (Å²) >= 11 is 0. The molecule has 2 N–H and O–H groups in total. The van der Waals surface area contributed by atoms with Crippen molar-refractivity contribution in [3.63, 3.8) is 0 Å². The number of nitrogens with one attached hydrogen (secondary N) is 2. The number of carbonyl (C=O) groups excluding carboxylic acids is 2. The third-order valence-corrected chi connectivity index (χ3v) is 4.16. The zero-order valence-electron chi connectivity index (χ0n) is 16.1. The monoisotopic (exact) mass is 374 g/mol. The number of hydrogen-bond acceptors (Lipinski definition) is 3. The lowest BCUT2D eigenvalue weighted by molar-refractivity contribution is -0.114. The smallest absolute Gasteiger partial charge is 0.255 e. The molecule has 2 amide bonds. The van der Waals surface area contributed by atoms with Gasteiger partial charge >= 0.3 is 0 Å². The number of amides is 2. The molecule has 0 bridgehead atoms. The zero-order valence-corrected chi connectivity index (χ0v) is 16.1. The van der Waals surface area contributed by atoms with Crippen LogP contribution in [-0.4, -0.2) is 11.8 Å². The molecule has 0 saturated heterocycles. The van der Waals surface area contributed by atoms with E-state index in [1.807, 2.05) is 50.2 Å². The van der Waals surface area contributed by atoms with E-state index >= 15 is 0 Å². The molecule has 3 aromatic rings. The summed E-state index contributed by atoms with van der Waals surface area (Å²) in [6, 6.07) is 20.2. The van der Waals surface area contributed by atoms with Crippen LogP contribution in [0.5, 0.6) is 11.5 Å². The maximum Gasteiger partial charge on any atom is 0.255 e. The number of anilines is 2. The predicted molar refractivity (Wildman–Crippen MR) is 111 cm³/mol. The van der Waals surface area contributed by atoms with E-state index in [4.69, 9.17) is 4.74 Å². The summed E-state index contributed by atoms with van der Waals surface area (Å²) in [4.78, 5) is 24.1. The van der Waals surface area contributed by atoms with Crippen LogP contribution in [0, 0.1) is 13.8 Å². The van der Waals surface area contributed by atoms with Gasteiger partial charge in [0.2, 0.25) is 5.91 Å². The lowest BCUT2D eigenvalue weighted by Gasteiger charge is -2.13. The fraction of sp³-hybridized carbons (Fsp3) is 0.130. The fourth-order valence-electron chi connectivity index (χ4n) is 2.75. The Morgan fingerprint density at radius 2 is 1.61 bits per heavy atom. The molecule has 0 atom stereocenters. The van der Waals surface area contributed by atoms with E-state index in [9.17, 15) is 9.59 Å². The molecule has 0 unspecified atom stereocenters. The van der Waals surface area contributed by atoms with Crippen LogP contribution in [0.3, 0.4) is 0 Å². The Morgan fingerprint density at radius 1 is 0.821 bits per heavy atom. The summed E-state index contributed by atoms with van der Waals surface area (Å²) in [5, 5.41) is 5.62. The van der Waals surface area contributed by atoms with Gasteiger partial charge in [-0.25, -0.2) is 0 Å². The van der Waals surface area contributed by atoms with Crippen LogP contribution < -0.4 is 15.4 Å². The van der Waals surface area contributed by atoms with Gasteiger partial charge < -0.3 is 15.4 Å². The molecule has 0 heterocycles. The number of hydrogen-bond donors (Lipinski definition) is 2. The topological polar surface area (TPSA) is 67.4 Å². The minimum atomic E-state index is -0.285. The summed E-state index contributed by atoms with van der Waals surface area (Å²) in [7, 11) is 0. The van der Waals surface area contributed by atoms with Crippen molar-refractivity contribution >= 4 is 23.2 Å². The Kier molecular flexibility index (Phi) is 5.75. The van der Waals surface area contributed by atoms with Gasteiger partial charge in [-0.2, -0.15) is 0 Å². The minimum absolute atomic E-state index is 0.183. The van der Waals surface area contributed by atoms with Crippen LogP contribution in [-0.2, 0) is 4.79 Å². The second kappa shape index (κ2) is 8.39. The Bertz CT molecular complexity index is 1030. The number of para-hydroxylation sites is 2. The molecule has 3 aromatic carbocycles. The first-order chi connectivity index (χ1) is 13.4. The van der Waals surface area contributed by atoms with Crippen LogP contribution in [0.15, 0.2) is 66.7 Å². The highest BCUT2D eigenvalue weighted by Gasteiger charge is 2.12. The van der Waals surface area contributed by atoms with Gasteiger partial charge in [-0.05, 0) is 61.4 Å². The highest BCUT2D eigenvalue weighted by Crippen LogP contribution is 2.30. The van der Waals surface area contributed by atoms with Gasteiger partial charge in [0, 0.05) is 18.2 Å². The zero-order chi connectivity index (χ0) is 20.1. The lowest BCUT2D eigenvalue weighted by Crippen LogP contribution is -2.14. The minimum Gasteiger partial charge on any atom is -0.455 e. The third kappa shape index (κ3) is 4.76. The molecule has 0 spiro atoms. The van der Waals surface area contributed by atoms with Crippen molar-refractivity contribution in [2.45, 2.75) is 20.8 Å². The number of benzene rings is 3. The first-order valence-electron chi connectivity index (χ1n) is 8.95. The van der Waals surface area contributed by atoms with Gasteiger partial charge in [-0.3, -0.25) is 9.59 Å². The van der Waals surface area contributed by atoms with Crippen molar-refractivity contribution in [1.29, 1.82) is 0 Å². The molecule has 0 aromatic heterocycles. The van der Waals surface area contributed by atoms with Gasteiger partial charge in [0.05, 0.1) is 5.69 Å². The van der Waals surface area contributed by atoms with Crippen molar-refractivity contribution in [2.24, 2.45) is 0 Å². The van der Waals surface area contributed by atoms with E-state index in [-0.39, 0.29) is 11.8 Å². The maximum absolute atomic E-state index is 12.7. The predicted octanol–water partition coefficient (Wildman–Crippen LogP) is 5.31. The fourth-order valence-corrected chi connectivity index (χ4v) is 2.75. The van der Waals surface area contributed by atoms with E-state index in [0.717, 1.165) is 11.1 Å². The molecular formula is C23H22N2O3. The van der Waals surface area contributed by atoms with Crippen molar-refractivity contribution in [3.05, 3.63) is 83.4 Å². The van der Waals surface area contributed by atoms with E-state index in [1.54, 1.807) is 30.3 Å². The molecule has 0 radical (unpaired) electrons. The van der Waals surface area contributed by atoms with Gasteiger partial charge in [-0.15, -0.1) is 0 Å². The molecule has 5 heteroatoms. The summed E-state index contributed by atoms with van der Waals surface area (Å²) in [5.41, 5.74) is 3.60. The number of aryl methyl sites for hydroxylation is 2. The van der Waals surface area contributed by atoms with Gasteiger partial charge in [0.1, 0.15) is 5.75 Å². The first kappa shape index (κ1) is 19.2. The second-order valence-electron chi connectivity index (χ2n) is 6.58. The van der Waals surface area contributed by atoms with Crippen molar-refractivity contribution in [1.82, 2.24) is 0 Å². The van der Waals surface area contributed by atoms with E-state index in [2.05, 4.69) is 10.6 Å². The number of rotatable bonds is 5. The van der Waals surface area contributed by atoms with Crippen LogP contribution in [0.1, 0.15) is 28.4 Å². The number of ether oxygens (including phenoxy) is 1. The number of carbonyl (C=O) groups is 2. The molecule has 5 nitrogen and oxygen atoms in total. The SMILES string of the molecule is CC(=O)Nc1cc(C(=O)Nc2ccccc2Oc2cccc(C)c2)ccc1C. The quantitative estimate of drug-likeness (QED) is 0.636. The Morgan fingerprint density at radius 3 is 2.36 bits per heavy atom. The van der Waals surface area contributed by atoms with Gasteiger partial charge in [0.15, 0.2) is 5.75 Å². The van der Waals surface area contributed by atoms with E-state index in [0.29, 0.717) is 28.4 Å². The summed E-state index contributed by atoms with van der Waals surface area (Å²) in [5.74, 6) is 0.782. The van der Waals surface area contributed by atoms with Crippen LogP contribution in [0.4, 0.5) is 11.4 Å². The molecule has 0 aliphatic heterocycles. The van der Waals surface area contributed by atoms with E-state index in [1.165, 1.54) is 6.92 Å². The van der Waals surface area contributed by atoms with Crippen molar-refractivity contribution in [2.75, 3.05) is 10.6 Å². The Balaban J connectivity index is 1.82. The van der Waals surface area contributed by atoms with E-state index < -0.39 is 0 Å².